The number of aromatic nitrogens is 3. The van der Waals surface area contributed by atoms with Crippen LogP contribution in [0.2, 0.25) is 0 Å². The summed E-state index contributed by atoms with van der Waals surface area (Å²) >= 11 is 2.53. The smallest absolute Gasteiger partial charge is 0.272 e. The summed E-state index contributed by atoms with van der Waals surface area (Å²) in [5, 5.41) is 4.19. The highest BCUT2D eigenvalue weighted by Gasteiger charge is 2.18. The van der Waals surface area contributed by atoms with Gasteiger partial charge in [0.25, 0.3) is 5.56 Å². The van der Waals surface area contributed by atoms with E-state index in [1.807, 2.05) is 26.0 Å². The Morgan fingerprint density at radius 2 is 2.06 bits per heavy atom. The Kier molecular flexibility index (Phi) is 6.33. The predicted octanol–water partition coefficient (Wildman–Crippen LogP) is 4.20. The number of nitrogens with one attached hydrogen (secondary N) is 1. The molecule has 6 nitrogen and oxygen atoms in total. The minimum atomic E-state index is -0.337. The summed E-state index contributed by atoms with van der Waals surface area (Å²) in [7, 11) is 0. The van der Waals surface area contributed by atoms with Gasteiger partial charge in [0.1, 0.15) is 15.3 Å². The van der Waals surface area contributed by atoms with Gasteiger partial charge in [0, 0.05) is 17.6 Å². The average molecular weight is 457 g/mol. The first kappa shape index (κ1) is 21.5. The number of thiophene rings is 1. The van der Waals surface area contributed by atoms with Crippen LogP contribution < -0.4 is 10.9 Å². The van der Waals surface area contributed by atoms with E-state index in [0.717, 1.165) is 22.2 Å². The molecule has 0 aliphatic heterocycles. The highest BCUT2D eigenvalue weighted by Crippen LogP contribution is 2.30. The molecule has 4 rings (SSSR count). The molecule has 160 valence electrons. The van der Waals surface area contributed by atoms with Crippen molar-refractivity contribution in [3.05, 3.63) is 64.3 Å². The molecular formula is C22H21FN4O2S2. The molecule has 1 aromatic carbocycles. The van der Waals surface area contributed by atoms with Crippen LogP contribution in [-0.4, -0.2) is 32.2 Å². The van der Waals surface area contributed by atoms with Gasteiger partial charge in [-0.1, -0.05) is 30.8 Å². The van der Waals surface area contributed by atoms with E-state index in [4.69, 9.17) is 4.98 Å². The molecular weight excluding hydrogens is 435 g/mol. The number of fused-ring (bicyclic) bond motifs is 3. The van der Waals surface area contributed by atoms with Gasteiger partial charge in [0.2, 0.25) is 5.91 Å². The molecule has 1 amide bonds. The monoisotopic (exact) mass is 456 g/mol. The van der Waals surface area contributed by atoms with Crippen molar-refractivity contribution in [1.82, 2.24) is 19.9 Å². The zero-order valence-electron chi connectivity index (χ0n) is 17.1. The van der Waals surface area contributed by atoms with E-state index in [-0.39, 0.29) is 35.6 Å². The molecule has 0 saturated carbocycles. The number of hydrogen-bond acceptors (Lipinski definition) is 6. The first-order valence-corrected chi connectivity index (χ1v) is 11.7. The maximum atomic E-state index is 13.4. The fraction of sp³-hybridized carbons (Fsp3) is 0.273. The first-order valence-electron chi connectivity index (χ1n) is 9.91. The molecule has 1 unspecified atom stereocenters. The molecule has 4 aromatic rings. The van der Waals surface area contributed by atoms with Gasteiger partial charge in [-0.25, -0.2) is 14.4 Å². The van der Waals surface area contributed by atoms with Crippen molar-refractivity contribution in [2.24, 2.45) is 0 Å². The highest BCUT2D eigenvalue weighted by molar-refractivity contribution is 7.99. The third-order valence-corrected chi connectivity index (χ3v) is 6.99. The second kappa shape index (κ2) is 9.15. The number of carbonyl (C=O) groups is 1. The number of pyridine rings is 1. The second-order valence-corrected chi connectivity index (χ2v) is 9.16. The van der Waals surface area contributed by atoms with Gasteiger partial charge in [-0.05, 0) is 43.2 Å². The summed E-state index contributed by atoms with van der Waals surface area (Å²) in [5.74, 6) is -0.304. The number of benzene rings is 1. The predicted molar refractivity (Wildman–Crippen MR) is 123 cm³/mol. The fourth-order valence-electron chi connectivity index (χ4n) is 3.11. The van der Waals surface area contributed by atoms with Gasteiger partial charge in [-0.3, -0.25) is 14.2 Å². The maximum absolute atomic E-state index is 13.4. The van der Waals surface area contributed by atoms with Crippen molar-refractivity contribution in [2.75, 3.05) is 5.75 Å². The van der Waals surface area contributed by atoms with Gasteiger partial charge < -0.3 is 5.32 Å². The lowest BCUT2D eigenvalue weighted by Gasteiger charge is -2.14. The number of halogens is 1. The van der Waals surface area contributed by atoms with Gasteiger partial charge >= 0.3 is 0 Å². The van der Waals surface area contributed by atoms with Crippen molar-refractivity contribution in [3.63, 3.8) is 0 Å². The minimum Gasteiger partial charge on any atom is -0.353 e. The Balaban J connectivity index is 1.76. The summed E-state index contributed by atoms with van der Waals surface area (Å²) in [6, 6.07) is 9.79. The van der Waals surface area contributed by atoms with E-state index in [1.165, 1.54) is 35.2 Å². The lowest BCUT2D eigenvalue weighted by molar-refractivity contribution is -0.119. The molecule has 0 bridgehead atoms. The summed E-state index contributed by atoms with van der Waals surface area (Å²) in [6.07, 6.45) is 2.52. The Bertz CT molecular complexity index is 1300. The van der Waals surface area contributed by atoms with Crippen molar-refractivity contribution >= 4 is 49.4 Å². The summed E-state index contributed by atoms with van der Waals surface area (Å²) in [5.41, 5.74) is 1.18. The van der Waals surface area contributed by atoms with Crippen LogP contribution in [0, 0.1) is 5.82 Å². The largest absolute Gasteiger partial charge is 0.353 e. The Morgan fingerprint density at radius 1 is 1.29 bits per heavy atom. The topological polar surface area (TPSA) is 76.9 Å². The standard InChI is InChI=1S/C22H21FN4O2S2/c1-3-13(2)25-17(28)12-30-22-26-18-16-5-4-10-24-20(16)31-19(18)21(29)27(22)11-14-6-8-15(23)9-7-14/h4-10,13H,3,11-12H2,1-2H3,(H,25,28). The third kappa shape index (κ3) is 4.62. The molecule has 0 fully saturated rings. The third-order valence-electron chi connectivity index (χ3n) is 4.92. The molecule has 3 heterocycles. The molecule has 9 heteroatoms. The van der Waals surface area contributed by atoms with E-state index in [0.29, 0.717) is 15.4 Å². The van der Waals surface area contributed by atoms with E-state index in [1.54, 1.807) is 22.9 Å². The molecule has 31 heavy (non-hydrogen) atoms. The molecule has 0 aliphatic carbocycles. The molecule has 0 spiro atoms. The summed E-state index contributed by atoms with van der Waals surface area (Å²) < 4.78 is 15.4. The number of hydrogen-bond donors (Lipinski definition) is 1. The maximum Gasteiger partial charge on any atom is 0.272 e. The van der Waals surface area contributed by atoms with Crippen molar-refractivity contribution in [3.8, 4) is 0 Å². The molecule has 0 aliphatic rings. The number of thioether (sulfide) groups is 1. The van der Waals surface area contributed by atoms with E-state index in [9.17, 15) is 14.0 Å². The average Bonchev–Trinajstić information content (AvgIpc) is 3.14. The Morgan fingerprint density at radius 3 is 2.81 bits per heavy atom. The lowest BCUT2D eigenvalue weighted by Crippen LogP contribution is -2.33. The summed E-state index contributed by atoms with van der Waals surface area (Å²) in [6.45, 7) is 4.19. The Labute approximate surface area is 186 Å². The zero-order valence-corrected chi connectivity index (χ0v) is 18.7. The van der Waals surface area contributed by atoms with Crippen molar-refractivity contribution < 1.29 is 9.18 Å². The number of carbonyl (C=O) groups excluding carboxylic acids is 1. The van der Waals surface area contributed by atoms with Crippen LogP contribution in [0.25, 0.3) is 20.4 Å². The Hall–Kier alpha value is -2.78. The van der Waals surface area contributed by atoms with Crippen LogP contribution in [0.4, 0.5) is 4.39 Å². The normalized spacial score (nSPS) is 12.4. The lowest BCUT2D eigenvalue weighted by atomic mass is 10.2. The summed E-state index contributed by atoms with van der Waals surface area (Å²) in [4.78, 5) is 35.5. The van der Waals surface area contributed by atoms with E-state index in [2.05, 4.69) is 10.3 Å². The van der Waals surface area contributed by atoms with Gasteiger partial charge in [0.05, 0.1) is 17.8 Å². The quantitative estimate of drug-likeness (QED) is 0.333. The number of nitrogens with zero attached hydrogens (tertiary/aromatic N) is 3. The van der Waals surface area contributed by atoms with Crippen LogP contribution in [0.15, 0.2) is 52.5 Å². The van der Waals surface area contributed by atoms with Crippen LogP contribution in [0.1, 0.15) is 25.8 Å². The molecule has 1 N–H and O–H groups in total. The van der Waals surface area contributed by atoms with Crippen molar-refractivity contribution in [2.45, 2.75) is 38.0 Å². The SMILES string of the molecule is CCC(C)NC(=O)CSc1nc2c(sc3ncccc32)c(=O)n1Cc1ccc(F)cc1. The number of amides is 1. The molecule has 0 radical (unpaired) electrons. The van der Waals surface area contributed by atoms with Gasteiger partial charge in [-0.2, -0.15) is 0 Å². The van der Waals surface area contributed by atoms with E-state index < -0.39 is 0 Å². The molecule has 1 atom stereocenters. The van der Waals surface area contributed by atoms with Gasteiger partial charge in [0.15, 0.2) is 5.16 Å². The van der Waals surface area contributed by atoms with Crippen LogP contribution >= 0.6 is 23.1 Å². The second-order valence-electron chi connectivity index (χ2n) is 7.21. The van der Waals surface area contributed by atoms with E-state index >= 15 is 0 Å². The van der Waals surface area contributed by atoms with Crippen LogP contribution in [0.3, 0.4) is 0 Å². The van der Waals surface area contributed by atoms with Gasteiger partial charge in [-0.15, -0.1) is 11.3 Å². The highest BCUT2D eigenvalue weighted by atomic mass is 32.2. The first-order chi connectivity index (χ1) is 15.0. The number of rotatable bonds is 7. The molecule has 0 saturated heterocycles. The van der Waals surface area contributed by atoms with Crippen molar-refractivity contribution in [1.29, 1.82) is 0 Å². The minimum absolute atomic E-state index is 0.0804. The van der Waals surface area contributed by atoms with Crippen LogP contribution in [-0.2, 0) is 11.3 Å². The molecule has 3 aromatic heterocycles. The zero-order chi connectivity index (χ0) is 22.0. The fourth-order valence-corrected chi connectivity index (χ4v) is 4.95. The van der Waals surface area contributed by atoms with Crippen LogP contribution in [0.5, 0.6) is 0 Å².